The van der Waals surface area contributed by atoms with Gasteiger partial charge in [0.15, 0.2) is 0 Å². The third kappa shape index (κ3) is 5.55. The van der Waals surface area contributed by atoms with Gasteiger partial charge in [0, 0.05) is 25.2 Å². The standard InChI is InChI=1S/C16H23NO3/c1-3-15(16(19)20-2)9-10-17(11-12-18)13-14-7-5-4-6-8-14/h4-9,18H,3,10-13H2,1-2H3. The minimum absolute atomic E-state index is 0.0976. The molecule has 0 bridgehead atoms. The van der Waals surface area contributed by atoms with Crippen molar-refractivity contribution in [1.82, 2.24) is 4.90 Å². The third-order valence-electron chi connectivity index (χ3n) is 3.09. The van der Waals surface area contributed by atoms with Crippen molar-refractivity contribution in [3.8, 4) is 0 Å². The zero-order valence-electron chi connectivity index (χ0n) is 12.2. The summed E-state index contributed by atoms with van der Waals surface area (Å²) in [6.07, 6.45) is 2.52. The zero-order chi connectivity index (χ0) is 14.8. The van der Waals surface area contributed by atoms with Gasteiger partial charge in [0.05, 0.1) is 13.7 Å². The number of esters is 1. The van der Waals surface area contributed by atoms with Gasteiger partial charge in [-0.3, -0.25) is 4.90 Å². The van der Waals surface area contributed by atoms with Crippen LogP contribution < -0.4 is 0 Å². The van der Waals surface area contributed by atoms with Gasteiger partial charge in [-0.1, -0.05) is 43.3 Å². The van der Waals surface area contributed by atoms with Gasteiger partial charge in [0.1, 0.15) is 0 Å². The Labute approximate surface area is 120 Å². The first-order valence-corrected chi connectivity index (χ1v) is 6.85. The van der Waals surface area contributed by atoms with Crippen LogP contribution in [0.1, 0.15) is 18.9 Å². The molecule has 0 aromatic heterocycles. The fraction of sp³-hybridized carbons (Fsp3) is 0.438. The highest BCUT2D eigenvalue weighted by molar-refractivity contribution is 5.88. The molecule has 1 N–H and O–H groups in total. The smallest absolute Gasteiger partial charge is 0.333 e. The van der Waals surface area contributed by atoms with Gasteiger partial charge >= 0.3 is 5.97 Å². The van der Waals surface area contributed by atoms with E-state index in [4.69, 9.17) is 9.84 Å². The van der Waals surface area contributed by atoms with Crippen molar-refractivity contribution in [3.63, 3.8) is 0 Å². The quantitative estimate of drug-likeness (QED) is 0.583. The molecule has 1 aromatic carbocycles. The van der Waals surface area contributed by atoms with Gasteiger partial charge in [-0.25, -0.2) is 4.79 Å². The average molecular weight is 277 g/mol. The van der Waals surface area contributed by atoms with Crippen LogP contribution in [-0.2, 0) is 16.1 Å². The average Bonchev–Trinajstić information content (AvgIpc) is 2.48. The SMILES string of the molecule is CCC(=CCN(CCO)Cc1ccccc1)C(=O)OC. The monoisotopic (exact) mass is 277 g/mol. The maximum absolute atomic E-state index is 11.5. The second kappa shape index (κ2) is 9.28. The van der Waals surface area contributed by atoms with Crippen LogP contribution in [0.2, 0.25) is 0 Å². The maximum Gasteiger partial charge on any atom is 0.333 e. The molecule has 20 heavy (non-hydrogen) atoms. The number of carbonyl (C=O) groups is 1. The van der Waals surface area contributed by atoms with Gasteiger partial charge in [-0.15, -0.1) is 0 Å². The minimum Gasteiger partial charge on any atom is -0.466 e. The maximum atomic E-state index is 11.5. The normalized spacial score (nSPS) is 11.7. The lowest BCUT2D eigenvalue weighted by Gasteiger charge is -2.20. The summed E-state index contributed by atoms with van der Waals surface area (Å²) in [6.45, 7) is 3.96. The molecule has 4 nitrogen and oxygen atoms in total. The number of aliphatic hydroxyl groups excluding tert-OH is 1. The van der Waals surface area contributed by atoms with Crippen LogP contribution in [0.3, 0.4) is 0 Å². The van der Waals surface area contributed by atoms with Crippen LogP contribution in [0.5, 0.6) is 0 Å². The van der Waals surface area contributed by atoms with Gasteiger partial charge in [-0.05, 0) is 12.0 Å². The molecule has 0 heterocycles. The van der Waals surface area contributed by atoms with E-state index in [1.54, 1.807) is 0 Å². The molecule has 0 aliphatic rings. The second-order valence-electron chi connectivity index (χ2n) is 4.52. The summed E-state index contributed by atoms with van der Waals surface area (Å²) < 4.78 is 4.74. The third-order valence-corrected chi connectivity index (χ3v) is 3.09. The Morgan fingerprint density at radius 3 is 2.60 bits per heavy atom. The van der Waals surface area contributed by atoms with E-state index in [2.05, 4.69) is 17.0 Å². The molecule has 0 amide bonds. The predicted molar refractivity (Wildman–Crippen MR) is 79.2 cm³/mol. The van der Waals surface area contributed by atoms with E-state index in [0.29, 0.717) is 25.1 Å². The van der Waals surface area contributed by atoms with Gasteiger partial charge < -0.3 is 9.84 Å². The predicted octanol–water partition coefficient (Wildman–Crippen LogP) is 1.99. The van der Waals surface area contributed by atoms with E-state index in [1.807, 2.05) is 31.2 Å². The van der Waals surface area contributed by atoms with E-state index in [0.717, 1.165) is 6.54 Å². The van der Waals surface area contributed by atoms with Crippen LogP contribution in [0.25, 0.3) is 0 Å². The number of aliphatic hydroxyl groups is 1. The van der Waals surface area contributed by atoms with E-state index < -0.39 is 0 Å². The number of hydrogen-bond acceptors (Lipinski definition) is 4. The van der Waals surface area contributed by atoms with Gasteiger partial charge in [0.2, 0.25) is 0 Å². The van der Waals surface area contributed by atoms with Crippen LogP contribution in [-0.4, -0.2) is 42.8 Å². The Balaban J connectivity index is 2.67. The van der Waals surface area contributed by atoms with Gasteiger partial charge in [-0.2, -0.15) is 0 Å². The summed E-state index contributed by atoms with van der Waals surface area (Å²) in [4.78, 5) is 13.6. The van der Waals surface area contributed by atoms with Crippen molar-refractivity contribution < 1.29 is 14.6 Å². The Hall–Kier alpha value is -1.65. The number of carbonyl (C=O) groups excluding carboxylic acids is 1. The Kier molecular flexibility index (Phi) is 7.62. The zero-order valence-corrected chi connectivity index (χ0v) is 12.2. The van der Waals surface area contributed by atoms with E-state index in [1.165, 1.54) is 12.7 Å². The van der Waals surface area contributed by atoms with Crippen molar-refractivity contribution >= 4 is 5.97 Å². The van der Waals surface area contributed by atoms with Crippen molar-refractivity contribution in [1.29, 1.82) is 0 Å². The van der Waals surface area contributed by atoms with Crippen molar-refractivity contribution in [2.75, 3.05) is 26.8 Å². The fourth-order valence-corrected chi connectivity index (χ4v) is 1.96. The Morgan fingerprint density at radius 1 is 1.35 bits per heavy atom. The Bertz CT molecular complexity index is 429. The van der Waals surface area contributed by atoms with E-state index >= 15 is 0 Å². The topological polar surface area (TPSA) is 49.8 Å². The minimum atomic E-state index is -0.281. The van der Waals surface area contributed by atoms with Crippen LogP contribution in [0.4, 0.5) is 0 Å². The number of ether oxygens (including phenoxy) is 1. The van der Waals surface area contributed by atoms with E-state index in [9.17, 15) is 4.79 Å². The molecule has 0 unspecified atom stereocenters. The molecule has 0 aliphatic heterocycles. The highest BCUT2D eigenvalue weighted by Crippen LogP contribution is 2.07. The number of methoxy groups -OCH3 is 1. The molecule has 0 saturated carbocycles. The molecule has 110 valence electrons. The van der Waals surface area contributed by atoms with Crippen molar-refractivity contribution in [3.05, 3.63) is 47.5 Å². The molecule has 0 spiro atoms. The summed E-state index contributed by atoms with van der Waals surface area (Å²) in [7, 11) is 1.39. The van der Waals surface area contributed by atoms with E-state index in [-0.39, 0.29) is 12.6 Å². The van der Waals surface area contributed by atoms with Crippen LogP contribution in [0.15, 0.2) is 42.0 Å². The number of hydrogen-bond donors (Lipinski definition) is 1. The van der Waals surface area contributed by atoms with Crippen LogP contribution in [0, 0.1) is 0 Å². The first kappa shape index (κ1) is 16.4. The second-order valence-corrected chi connectivity index (χ2v) is 4.52. The number of benzene rings is 1. The molecular weight excluding hydrogens is 254 g/mol. The molecule has 1 rings (SSSR count). The molecule has 0 saturated heterocycles. The lowest BCUT2D eigenvalue weighted by Crippen LogP contribution is -2.27. The van der Waals surface area contributed by atoms with Crippen LogP contribution >= 0.6 is 0 Å². The summed E-state index contributed by atoms with van der Waals surface area (Å²) in [5, 5.41) is 9.14. The molecule has 0 fully saturated rings. The van der Waals surface area contributed by atoms with Crippen molar-refractivity contribution in [2.45, 2.75) is 19.9 Å². The summed E-state index contributed by atoms with van der Waals surface area (Å²) in [5.74, 6) is -0.281. The highest BCUT2D eigenvalue weighted by atomic mass is 16.5. The summed E-state index contributed by atoms with van der Waals surface area (Å²) in [5.41, 5.74) is 1.86. The number of rotatable bonds is 8. The largest absolute Gasteiger partial charge is 0.466 e. The lowest BCUT2D eigenvalue weighted by molar-refractivity contribution is -0.136. The summed E-state index contributed by atoms with van der Waals surface area (Å²) in [6, 6.07) is 10.1. The Morgan fingerprint density at radius 2 is 2.05 bits per heavy atom. The molecule has 0 radical (unpaired) electrons. The van der Waals surface area contributed by atoms with Gasteiger partial charge in [0.25, 0.3) is 0 Å². The lowest BCUT2D eigenvalue weighted by atomic mass is 10.1. The van der Waals surface area contributed by atoms with Crippen molar-refractivity contribution in [2.24, 2.45) is 0 Å². The number of nitrogens with zero attached hydrogens (tertiary/aromatic N) is 1. The fourth-order valence-electron chi connectivity index (χ4n) is 1.96. The molecule has 1 aromatic rings. The molecular formula is C16H23NO3. The molecule has 0 aliphatic carbocycles. The highest BCUT2D eigenvalue weighted by Gasteiger charge is 2.09. The molecule has 0 atom stereocenters. The first-order chi connectivity index (χ1) is 9.71. The summed E-state index contributed by atoms with van der Waals surface area (Å²) >= 11 is 0. The molecule has 4 heteroatoms. The first-order valence-electron chi connectivity index (χ1n) is 6.85.